The number of hydrogen-bond acceptors (Lipinski definition) is 3. The zero-order valence-corrected chi connectivity index (χ0v) is 19.0. The summed E-state index contributed by atoms with van der Waals surface area (Å²) < 4.78 is 2.13. The van der Waals surface area contributed by atoms with Crippen molar-refractivity contribution >= 4 is 5.91 Å². The van der Waals surface area contributed by atoms with Crippen molar-refractivity contribution < 1.29 is 4.79 Å². The van der Waals surface area contributed by atoms with Gasteiger partial charge in [0.05, 0.1) is 23.6 Å². The number of fused-ring (bicyclic) bond motifs is 1. The quantitative estimate of drug-likeness (QED) is 0.674. The molecule has 4 rings (SSSR count). The van der Waals surface area contributed by atoms with E-state index in [2.05, 4.69) is 66.4 Å². The SMILES string of the molecule is CCCN1CCc2c(c(CN(C(=O)CC(C)(C)C)C3CC3)nn2-c2ccccc2)C1. The molecule has 1 amide bonds. The molecular formula is C25H36N4O. The maximum absolute atomic E-state index is 13.1. The predicted molar refractivity (Wildman–Crippen MR) is 120 cm³/mol. The molecule has 0 atom stereocenters. The maximum Gasteiger partial charge on any atom is 0.223 e. The van der Waals surface area contributed by atoms with E-state index in [1.54, 1.807) is 0 Å². The van der Waals surface area contributed by atoms with E-state index in [0.29, 0.717) is 19.0 Å². The number of hydrogen-bond donors (Lipinski definition) is 0. The number of amides is 1. The summed E-state index contributed by atoms with van der Waals surface area (Å²) in [6, 6.07) is 10.8. The Kier molecular flexibility index (Phi) is 6.01. The summed E-state index contributed by atoms with van der Waals surface area (Å²) in [5, 5.41) is 5.08. The van der Waals surface area contributed by atoms with E-state index in [9.17, 15) is 4.79 Å². The average Bonchev–Trinajstić information content (AvgIpc) is 3.47. The van der Waals surface area contributed by atoms with E-state index in [-0.39, 0.29) is 11.3 Å². The molecule has 0 bridgehead atoms. The van der Waals surface area contributed by atoms with Gasteiger partial charge in [0.25, 0.3) is 0 Å². The second kappa shape index (κ2) is 8.54. The van der Waals surface area contributed by atoms with Crippen LogP contribution in [0.25, 0.3) is 5.69 Å². The molecule has 1 aromatic heterocycles. The Morgan fingerprint density at radius 1 is 1.20 bits per heavy atom. The van der Waals surface area contributed by atoms with Crippen LogP contribution in [-0.4, -0.2) is 44.6 Å². The largest absolute Gasteiger partial charge is 0.334 e. The predicted octanol–water partition coefficient (Wildman–Crippen LogP) is 4.57. The van der Waals surface area contributed by atoms with Gasteiger partial charge in [-0.3, -0.25) is 9.69 Å². The van der Waals surface area contributed by atoms with E-state index < -0.39 is 0 Å². The van der Waals surface area contributed by atoms with E-state index in [1.165, 1.54) is 11.3 Å². The molecule has 162 valence electrons. The van der Waals surface area contributed by atoms with Crippen LogP contribution in [-0.2, 0) is 24.3 Å². The molecule has 0 saturated heterocycles. The number of rotatable bonds is 7. The molecule has 2 heterocycles. The van der Waals surface area contributed by atoms with Gasteiger partial charge in [-0.2, -0.15) is 5.10 Å². The van der Waals surface area contributed by atoms with Crippen LogP contribution in [0.5, 0.6) is 0 Å². The summed E-state index contributed by atoms with van der Waals surface area (Å²) in [6.45, 7) is 12.4. The molecule has 5 nitrogen and oxygen atoms in total. The highest BCUT2D eigenvalue weighted by Gasteiger charge is 2.36. The minimum Gasteiger partial charge on any atom is -0.334 e. The van der Waals surface area contributed by atoms with Gasteiger partial charge in [0.2, 0.25) is 5.91 Å². The summed E-state index contributed by atoms with van der Waals surface area (Å²) in [5.74, 6) is 0.272. The lowest BCUT2D eigenvalue weighted by molar-refractivity contribution is -0.134. The molecular weight excluding hydrogens is 372 g/mol. The highest BCUT2D eigenvalue weighted by atomic mass is 16.2. The Morgan fingerprint density at radius 3 is 2.57 bits per heavy atom. The molecule has 30 heavy (non-hydrogen) atoms. The molecule has 1 aliphatic heterocycles. The molecule has 5 heteroatoms. The molecule has 0 spiro atoms. The molecule has 0 N–H and O–H groups in total. The first-order chi connectivity index (χ1) is 14.4. The Hall–Kier alpha value is -2.14. The molecule has 2 aliphatic rings. The summed E-state index contributed by atoms with van der Waals surface area (Å²) in [6.07, 6.45) is 5.01. The van der Waals surface area contributed by atoms with Crippen LogP contribution in [0.4, 0.5) is 0 Å². The number of aromatic nitrogens is 2. The van der Waals surface area contributed by atoms with Crippen molar-refractivity contribution in [1.29, 1.82) is 0 Å². The maximum atomic E-state index is 13.1. The van der Waals surface area contributed by atoms with Crippen LogP contribution >= 0.6 is 0 Å². The summed E-state index contributed by atoms with van der Waals surface area (Å²) in [7, 11) is 0. The highest BCUT2D eigenvalue weighted by Crippen LogP contribution is 2.33. The van der Waals surface area contributed by atoms with Crippen LogP contribution < -0.4 is 0 Å². The second-order valence-electron chi connectivity index (χ2n) is 10.1. The number of benzene rings is 1. The van der Waals surface area contributed by atoms with Gasteiger partial charge < -0.3 is 4.90 Å². The molecule has 1 aromatic carbocycles. The number of carbonyl (C=O) groups is 1. The standard InChI is InChI=1S/C25H36N4O/c1-5-14-27-15-13-23-21(17-27)22(26-29(23)20-9-7-6-8-10-20)18-28(19-11-12-19)24(30)16-25(2,3)4/h6-10,19H,5,11-18H2,1-4H3. The van der Waals surface area contributed by atoms with Gasteiger partial charge in [-0.15, -0.1) is 0 Å². The molecule has 1 saturated carbocycles. The fourth-order valence-corrected chi connectivity index (χ4v) is 4.48. The summed E-state index contributed by atoms with van der Waals surface area (Å²) >= 11 is 0. The van der Waals surface area contributed by atoms with E-state index in [4.69, 9.17) is 5.10 Å². The van der Waals surface area contributed by atoms with Crippen LogP contribution in [0.1, 0.15) is 70.3 Å². The van der Waals surface area contributed by atoms with Gasteiger partial charge in [0.1, 0.15) is 0 Å². The second-order valence-corrected chi connectivity index (χ2v) is 10.1. The van der Waals surface area contributed by atoms with Crippen LogP contribution in [0, 0.1) is 5.41 Å². The fourth-order valence-electron chi connectivity index (χ4n) is 4.48. The van der Waals surface area contributed by atoms with E-state index in [1.807, 2.05) is 6.07 Å². The van der Waals surface area contributed by atoms with Gasteiger partial charge in [-0.25, -0.2) is 4.68 Å². The Morgan fingerprint density at radius 2 is 1.93 bits per heavy atom. The van der Waals surface area contributed by atoms with Crippen molar-refractivity contribution in [2.45, 2.75) is 78.9 Å². The van der Waals surface area contributed by atoms with Gasteiger partial charge in [-0.1, -0.05) is 45.9 Å². The van der Waals surface area contributed by atoms with Crippen molar-refractivity contribution in [1.82, 2.24) is 19.6 Å². The fraction of sp³-hybridized carbons (Fsp3) is 0.600. The van der Waals surface area contributed by atoms with Gasteiger partial charge in [0, 0.05) is 37.5 Å². The van der Waals surface area contributed by atoms with Crippen molar-refractivity contribution in [3.05, 3.63) is 47.3 Å². The van der Waals surface area contributed by atoms with Crippen LogP contribution in [0.15, 0.2) is 30.3 Å². The van der Waals surface area contributed by atoms with E-state index in [0.717, 1.165) is 56.7 Å². The van der Waals surface area contributed by atoms with Crippen LogP contribution in [0.3, 0.4) is 0 Å². The topological polar surface area (TPSA) is 41.4 Å². The van der Waals surface area contributed by atoms with Crippen LogP contribution in [0.2, 0.25) is 0 Å². The Bertz CT molecular complexity index is 877. The van der Waals surface area contributed by atoms with Crippen molar-refractivity contribution in [2.75, 3.05) is 13.1 Å². The minimum absolute atomic E-state index is 0.00494. The highest BCUT2D eigenvalue weighted by molar-refractivity contribution is 5.77. The molecule has 1 aliphatic carbocycles. The monoisotopic (exact) mass is 408 g/mol. The third-order valence-corrected chi connectivity index (χ3v) is 6.07. The summed E-state index contributed by atoms with van der Waals surface area (Å²) in [5.41, 5.74) is 4.87. The van der Waals surface area contributed by atoms with Crippen molar-refractivity contribution in [2.24, 2.45) is 5.41 Å². The average molecular weight is 409 g/mol. The van der Waals surface area contributed by atoms with Gasteiger partial charge in [-0.05, 0) is 43.4 Å². The third-order valence-electron chi connectivity index (χ3n) is 6.07. The van der Waals surface area contributed by atoms with E-state index >= 15 is 0 Å². The van der Waals surface area contributed by atoms with Gasteiger partial charge in [0.15, 0.2) is 0 Å². The summed E-state index contributed by atoms with van der Waals surface area (Å²) in [4.78, 5) is 17.8. The Balaban J connectivity index is 1.66. The van der Waals surface area contributed by atoms with Gasteiger partial charge >= 0.3 is 0 Å². The smallest absolute Gasteiger partial charge is 0.223 e. The molecule has 0 unspecified atom stereocenters. The Labute approximate surface area is 181 Å². The first-order valence-corrected chi connectivity index (χ1v) is 11.5. The third kappa shape index (κ3) is 4.77. The van der Waals surface area contributed by atoms with Crippen molar-refractivity contribution in [3.63, 3.8) is 0 Å². The number of nitrogens with zero attached hydrogens (tertiary/aromatic N) is 4. The molecule has 2 aromatic rings. The lowest BCUT2D eigenvalue weighted by atomic mass is 9.91. The normalized spacial score (nSPS) is 17.1. The lowest BCUT2D eigenvalue weighted by Crippen LogP contribution is -2.36. The molecule has 0 radical (unpaired) electrons. The molecule has 1 fully saturated rings. The number of para-hydroxylation sites is 1. The lowest BCUT2D eigenvalue weighted by Gasteiger charge is -2.29. The zero-order valence-electron chi connectivity index (χ0n) is 19.0. The minimum atomic E-state index is 0.00494. The first kappa shape index (κ1) is 21.1. The van der Waals surface area contributed by atoms with Crippen molar-refractivity contribution in [3.8, 4) is 5.69 Å². The zero-order chi connectivity index (χ0) is 21.3. The first-order valence-electron chi connectivity index (χ1n) is 11.5. The number of carbonyl (C=O) groups excluding carboxylic acids is 1.